The Morgan fingerprint density at radius 1 is 0.976 bits per heavy atom. The van der Waals surface area contributed by atoms with Crippen LogP contribution in [0.5, 0.6) is 0 Å². The number of ether oxygens (including phenoxy) is 3. The maximum Gasteiger partial charge on any atom is 0.293 e. The van der Waals surface area contributed by atoms with Gasteiger partial charge in [-0.2, -0.15) is 0 Å². The first-order chi connectivity index (χ1) is 20.0. The van der Waals surface area contributed by atoms with Crippen molar-refractivity contribution in [2.75, 3.05) is 52.3 Å². The van der Waals surface area contributed by atoms with Gasteiger partial charge in [0.25, 0.3) is 6.47 Å². The predicted molar refractivity (Wildman–Crippen MR) is 167 cm³/mol. The molecule has 1 aliphatic heterocycles. The van der Waals surface area contributed by atoms with Crippen molar-refractivity contribution in [3.8, 4) is 0 Å². The summed E-state index contributed by atoms with van der Waals surface area (Å²) in [6.07, 6.45) is 16.1. The van der Waals surface area contributed by atoms with Crippen molar-refractivity contribution >= 4 is 36.5 Å². The van der Waals surface area contributed by atoms with Gasteiger partial charge in [0.05, 0.1) is 25.1 Å². The molecule has 2 rings (SSSR count). The van der Waals surface area contributed by atoms with Crippen LogP contribution in [0.1, 0.15) is 91.4 Å². The molecule has 0 saturated carbocycles. The lowest BCUT2D eigenvalue weighted by Crippen LogP contribution is -2.31. The second-order valence-electron chi connectivity index (χ2n) is 9.45. The van der Waals surface area contributed by atoms with Crippen LogP contribution in [0, 0.1) is 0 Å². The summed E-state index contributed by atoms with van der Waals surface area (Å²) >= 11 is 1.61. The number of likely N-dealkylation sites (tertiary alicyclic amines) is 1. The Morgan fingerprint density at radius 2 is 1.66 bits per heavy atom. The number of nitrogens with zero attached hydrogens (tertiary/aromatic N) is 1. The van der Waals surface area contributed by atoms with Gasteiger partial charge >= 0.3 is 0 Å². The van der Waals surface area contributed by atoms with Crippen LogP contribution >= 0.6 is 11.8 Å². The van der Waals surface area contributed by atoms with Crippen LogP contribution in [0.2, 0.25) is 0 Å². The fourth-order valence-corrected chi connectivity index (χ4v) is 4.84. The van der Waals surface area contributed by atoms with E-state index in [9.17, 15) is 14.4 Å². The van der Waals surface area contributed by atoms with E-state index in [0.29, 0.717) is 26.0 Å². The van der Waals surface area contributed by atoms with E-state index in [1.165, 1.54) is 24.2 Å². The molecule has 0 aromatic rings. The molecule has 1 heterocycles. The number of allylic oxidation sites excluding steroid dienone is 2. The number of nitrogens with one attached hydrogen (secondary N) is 1. The third kappa shape index (κ3) is 25.5. The monoisotopic (exact) mass is 603 g/mol. The molecular weight excluding hydrogens is 546 g/mol. The van der Waals surface area contributed by atoms with E-state index in [2.05, 4.69) is 37.0 Å². The highest BCUT2D eigenvalue weighted by Crippen LogP contribution is 2.25. The molecule has 2 unspecified atom stereocenters. The van der Waals surface area contributed by atoms with Crippen LogP contribution in [0.25, 0.3) is 0 Å². The molecule has 0 spiro atoms. The third-order valence-corrected chi connectivity index (χ3v) is 7.32. The zero-order valence-corrected chi connectivity index (χ0v) is 26.8. The summed E-state index contributed by atoms with van der Waals surface area (Å²) in [5.74, 6) is 0.990. The molecule has 3 amide bonds. The van der Waals surface area contributed by atoms with E-state index in [4.69, 9.17) is 19.0 Å². The minimum Gasteiger partial charge on any atom is -0.465 e. The largest absolute Gasteiger partial charge is 0.465 e. The molecule has 1 fully saturated rings. The fraction of sp³-hybridized carbons (Fsp3) is 0.800. The topological polar surface area (TPSA) is 137 Å². The number of hydrogen-bond acceptors (Lipinski definition) is 9. The lowest BCUT2D eigenvalue weighted by Gasteiger charge is -2.14. The van der Waals surface area contributed by atoms with Gasteiger partial charge in [0.1, 0.15) is 6.10 Å². The first kappa shape index (κ1) is 41.2. The minimum atomic E-state index is -0.103. The van der Waals surface area contributed by atoms with Crippen LogP contribution < -0.4 is 11.1 Å². The van der Waals surface area contributed by atoms with E-state index in [1.807, 2.05) is 14.0 Å². The van der Waals surface area contributed by atoms with E-state index in [-0.39, 0.29) is 29.6 Å². The second-order valence-corrected chi connectivity index (χ2v) is 10.8. The predicted octanol–water partition coefficient (Wildman–Crippen LogP) is 4.25. The van der Waals surface area contributed by atoms with Crippen LogP contribution in [0.4, 0.5) is 0 Å². The summed E-state index contributed by atoms with van der Waals surface area (Å²) in [7, 11) is 1.92. The Balaban J connectivity index is 0. The number of rotatable bonds is 17. The van der Waals surface area contributed by atoms with E-state index in [1.54, 1.807) is 11.8 Å². The Bertz CT molecular complexity index is 658. The SMILES string of the molecule is CCCCCOCCOCCNC.CCCSC1CC(=O)N(CCC)C1=O.NC=O.O=COC1CC/C=C/CCC1. The van der Waals surface area contributed by atoms with Crippen LogP contribution in [-0.4, -0.2) is 93.3 Å². The van der Waals surface area contributed by atoms with Crippen molar-refractivity contribution in [1.29, 1.82) is 0 Å². The van der Waals surface area contributed by atoms with Crippen molar-refractivity contribution in [2.24, 2.45) is 5.73 Å². The highest BCUT2D eigenvalue weighted by Gasteiger charge is 2.37. The van der Waals surface area contributed by atoms with Crippen molar-refractivity contribution in [1.82, 2.24) is 10.2 Å². The maximum absolute atomic E-state index is 11.7. The maximum atomic E-state index is 11.7. The Kier molecular flexibility index (Phi) is 32.7. The lowest BCUT2D eigenvalue weighted by molar-refractivity contribution is -0.138. The number of carbonyl (C=O) groups is 4. The lowest BCUT2D eigenvalue weighted by atomic mass is 10.0. The normalized spacial score (nSPS) is 18.8. The molecule has 1 aliphatic carbocycles. The molecule has 10 nitrogen and oxygen atoms in total. The van der Waals surface area contributed by atoms with Crippen LogP contribution in [0.15, 0.2) is 12.2 Å². The van der Waals surface area contributed by atoms with Gasteiger partial charge in [0.15, 0.2) is 0 Å². The molecule has 2 atom stereocenters. The van der Waals surface area contributed by atoms with E-state index in [0.717, 1.165) is 77.1 Å². The molecule has 240 valence electrons. The van der Waals surface area contributed by atoms with Crippen LogP contribution in [-0.2, 0) is 33.4 Å². The van der Waals surface area contributed by atoms with Crippen molar-refractivity contribution in [2.45, 2.75) is 103 Å². The zero-order chi connectivity index (χ0) is 31.0. The van der Waals surface area contributed by atoms with Crippen molar-refractivity contribution in [3.63, 3.8) is 0 Å². The van der Waals surface area contributed by atoms with E-state index < -0.39 is 0 Å². The number of primary amides is 1. The van der Waals surface area contributed by atoms with Gasteiger partial charge < -0.3 is 25.3 Å². The zero-order valence-electron chi connectivity index (χ0n) is 26.0. The molecule has 0 radical (unpaired) electrons. The van der Waals surface area contributed by atoms with Gasteiger partial charge in [0.2, 0.25) is 18.2 Å². The number of nitrogens with two attached hydrogens (primary N) is 1. The van der Waals surface area contributed by atoms with Crippen LogP contribution in [0.3, 0.4) is 0 Å². The summed E-state index contributed by atoms with van der Waals surface area (Å²) in [5, 5.41) is 2.92. The van der Waals surface area contributed by atoms with Gasteiger partial charge in [-0.15, -0.1) is 11.8 Å². The van der Waals surface area contributed by atoms with E-state index >= 15 is 0 Å². The fourth-order valence-electron chi connectivity index (χ4n) is 3.79. The van der Waals surface area contributed by atoms with Crippen molar-refractivity contribution in [3.05, 3.63) is 12.2 Å². The Morgan fingerprint density at radius 3 is 2.27 bits per heavy atom. The quantitative estimate of drug-likeness (QED) is 0.108. The smallest absolute Gasteiger partial charge is 0.293 e. The molecule has 3 N–H and O–H groups in total. The molecular formula is C30H57N3O7S. The summed E-state index contributed by atoms with van der Waals surface area (Å²) in [5.41, 5.74) is 4.17. The number of unbranched alkanes of at least 4 members (excludes halogenated alkanes) is 2. The number of likely N-dealkylation sites (N-methyl/N-ethyl adjacent to an activating group) is 1. The molecule has 2 aliphatic rings. The number of carbonyl (C=O) groups excluding carboxylic acids is 4. The highest BCUT2D eigenvalue weighted by atomic mass is 32.2. The molecule has 0 bridgehead atoms. The molecule has 41 heavy (non-hydrogen) atoms. The molecule has 0 aromatic carbocycles. The first-order valence-corrected chi connectivity index (χ1v) is 16.2. The number of hydrogen-bond donors (Lipinski definition) is 2. The number of imide groups is 1. The molecule has 1 saturated heterocycles. The molecule has 0 aromatic heterocycles. The highest BCUT2D eigenvalue weighted by molar-refractivity contribution is 8.00. The van der Waals surface area contributed by atoms with Gasteiger partial charge in [-0.3, -0.25) is 24.1 Å². The Hall–Kier alpha value is -1.95. The first-order valence-electron chi connectivity index (χ1n) is 15.1. The molecule has 11 heteroatoms. The Labute approximate surface area is 252 Å². The minimum absolute atomic E-state index is 0.00505. The average molecular weight is 604 g/mol. The summed E-state index contributed by atoms with van der Waals surface area (Å²) in [6, 6.07) is 0. The summed E-state index contributed by atoms with van der Waals surface area (Å²) < 4.78 is 15.6. The van der Waals surface area contributed by atoms with Gasteiger partial charge in [-0.25, -0.2) is 0 Å². The van der Waals surface area contributed by atoms with Gasteiger partial charge in [-0.05, 0) is 64.2 Å². The second kappa shape index (κ2) is 32.6. The number of amides is 3. The standard InChI is InChI=1S/C10H17NO2S.C10H23NO2.C9H14O2.CH3NO/c1-3-5-11-9(12)7-8(10(11)13)14-6-4-2;1-3-4-5-7-12-9-10-13-8-6-11-2;10-8-11-9-6-4-2-1-3-5-7-9;2-1-3/h8H,3-7H2,1-2H3;11H,3-10H2,1-2H3;1-2,8-9H,3-7H2;1H,(H2,2,3)/b;;2-1+;. The van der Waals surface area contributed by atoms with Gasteiger partial charge in [0, 0.05) is 26.1 Å². The summed E-state index contributed by atoms with van der Waals surface area (Å²) in [4.78, 5) is 43.2. The third-order valence-electron chi connectivity index (χ3n) is 5.90. The van der Waals surface area contributed by atoms with Gasteiger partial charge in [-0.1, -0.05) is 45.8 Å². The van der Waals surface area contributed by atoms with Crippen molar-refractivity contribution < 1.29 is 33.4 Å². The number of thioether (sulfide) groups is 1. The average Bonchev–Trinajstić information content (AvgIpc) is 3.21. The summed E-state index contributed by atoms with van der Waals surface area (Å²) in [6.45, 7) is 11.4.